The number of hydrogen-bond donors (Lipinski definition) is 1. The smallest absolute Gasteiger partial charge is 0.129 e. The van der Waals surface area contributed by atoms with E-state index < -0.39 is 5.97 Å². The minimum absolute atomic E-state index is 0.0289. The average Bonchev–Trinajstić information content (AvgIpc) is 3.04. The van der Waals surface area contributed by atoms with Crippen LogP contribution in [0.3, 0.4) is 0 Å². The van der Waals surface area contributed by atoms with Gasteiger partial charge in [-0.2, -0.15) is 0 Å². The molecular formula is C19H14ClFNO2-. The first-order valence-electron chi connectivity index (χ1n) is 7.78. The molecule has 0 unspecified atom stereocenters. The van der Waals surface area contributed by atoms with Crippen LogP contribution in [-0.2, 0) is 0 Å². The van der Waals surface area contributed by atoms with Gasteiger partial charge in [-0.1, -0.05) is 35.9 Å². The lowest BCUT2D eigenvalue weighted by Gasteiger charge is -2.38. The molecule has 1 aliphatic carbocycles. The van der Waals surface area contributed by atoms with Gasteiger partial charge in [-0.15, -0.1) is 0 Å². The Morgan fingerprint density at radius 2 is 2.12 bits per heavy atom. The van der Waals surface area contributed by atoms with E-state index in [-0.39, 0.29) is 29.3 Å². The molecule has 0 saturated heterocycles. The molecule has 4 rings (SSSR count). The van der Waals surface area contributed by atoms with Gasteiger partial charge in [-0.3, -0.25) is 0 Å². The summed E-state index contributed by atoms with van der Waals surface area (Å²) in [6, 6.07) is 9.28. The molecule has 24 heavy (non-hydrogen) atoms. The van der Waals surface area contributed by atoms with Gasteiger partial charge in [0.25, 0.3) is 0 Å². The predicted octanol–water partition coefficient (Wildman–Crippen LogP) is 3.67. The molecule has 3 nitrogen and oxygen atoms in total. The molecule has 2 aromatic rings. The standard InChI is InChI=1S/C19H15ClFNO2/c20-14-5-2-6-15(21)17(14)18-12-4-1-3-11(12)13-9-10(19(23)24)7-8-16(13)22-18/h1-3,5-9,11-12,18,22H,4H2,(H,23,24)/p-1/t11-,12+,18-/m0/s1. The highest BCUT2D eigenvalue weighted by molar-refractivity contribution is 6.31. The van der Waals surface area contributed by atoms with E-state index in [9.17, 15) is 14.3 Å². The number of carboxylic acid groups (broad SMARTS) is 1. The largest absolute Gasteiger partial charge is 0.545 e. The highest BCUT2D eigenvalue weighted by Gasteiger charge is 2.39. The maximum atomic E-state index is 14.4. The van der Waals surface area contributed by atoms with Crippen molar-refractivity contribution in [1.29, 1.82) is 0 Å². The summed E-state index contributed by atoms with van der Waals surface area (Å²) in [6.45, 7) is 0. The SMILES string of the molecule is O=C([O-])c1ccc2c(c1)[C@H]1C=CC[C@H]1[C@@H](c1c(F)cccc1Cl)N2. The highest BCUT2D eigenvalue weighted by atomic mass is 35.5. The van der Waals surface area contributed by atoms with E-state index in [4.69, 9.17) is 11.6 Å². The maximum absolute atomic E-state index is 14.4. The molecule has 122 valence electrons. The quantitative estimate of drug-likeness (QED) is 0.847. The fourth-order valence-electron chi connectivity index (χ4n) is 3.81. The van der Waals surface area contributed by atoms with E-state index in [1.165, 1.54) is 12.1 Å². The highest BCUT2D eigenvalue weighted by Crippen LogP contribution is 2.51. The summed E-state index contributed by atoms with van der Waals surface area (Å²) in [5.41, 5.74) is 2.32. The third-order valence-electron chi connectivity index (χ3n) is 4.91. The van der Waals surface area contributed by atoms with Gasteiger partial charge in [-0.05, 0) is 47.7 Å². The summed E-state index contributed by atoms with van der Waals surface area (Å²) in [7, 11) is 0. The Bertz CT molecular complexity index is 844. The monoisotopic (exact) mass is 342 g/mol. The number of halogens is 2. The number of nitrogens with one attached hydrogen (secondary N) is 1. The number of benzene rings is 2. The van der Waals surface area contributed by atoms with Gasteiger partial charge in [0.15, 0.2) is 0 Å². The minimum Gasteiger partial charge on any atom is -0.545 e. The van der Waals surface area contributed by atoms with Gasteiger partial charge in [0.05, 0.1) is 12.0 Å². The normalized spacial score (nSPS) is 24.2. The lowest BCUT2D eigenvalue weighted by molar-refractivity contribution is -0.255. The van der Waals surface area contributed by atoms with Crippen molar-refractivity contribution < 1.29 is 14.3 Å². The van der Waals surface area contributed by atoms with Crippen LogP contribution in [0, 0.1) is 11.7 Å². The van der Waals surface area contributed by atoms with Crippen molar-refractivity contribution in [3.8, 4) is 0 Å². The van der Waals surface area contributed by atoms with Crippen LogP contribution in [0.15, 0.2) is 48.6 Å². The number of rotatable bonds is 2. The summed E-state index contributed by atoms with van der Waals surface area (Å²) < 4.78 is 14.4. The van der Waals surface area contributed by atoms with Crippen LogP contribution in [0.25, 0.3) is 0 Å². The van der Waals surface area contributed by atoms with Gasteiger partial charge in [-0.25, -0.2) is 4.39 Å². The van der Waals surface area contributed by atoms with E-state index in [0.29, 0.717) is 10.6 Å². The molecule has 5 heteroatoms. The van der Waals surface area contributed by atoms with Crippen molar-refractivity contribution in [3.05, 3.63) is 76.1 Å². The Kier molecular flexibility index (Phi) is 3.57. The summed E-state index contributed by atoms with van der Waals surface area (Å²) in [6.07, 6.45) is 4.90. The first-order valence-corrected chi connectivity index (χ1v) is 8.16. The molecule has 1 N–H and O–H groups in total. The van der Waals surface area contributed by atoms with Crippen molar-refractivity contribution in [1.82, 2.24) is 0 Å². The number of carbonyl (C=O) groups is 1. The van der Waals surface area contributed by atoms with E-state index >= 15 is 0 Å². The van der Waals surface area contributed by atoms with Crippen LogP contribution < -0.4 is 10.4 Å². The van der Waals surface area contributed by atoms with E-state index in [0.717, 1.165) is 17.7 Å². The number of anilines is 1. The Balaban J connectivity index is 1.83. The molecule has 0 fully saturated rings. The van der Waals surface area contributed by atoms with Crippen molar-refractivity contribution in [2.45, 2.75) is 18.4 Å². The number of hydrogen-bond acceptors (Lipinski definition) is 3. The third-order valence-corrected chi connectivity index (χ3v) is 5.24. The zero-order valence-corrected chi connectivity index (χ0v) is 13.4. The Morgan fingerprint density at radius 3 is 2.88 bits per heavy atom. The molecule has 0 aromatic heterocycles. The van der Waals surface area contributed by atoms with Gasteiger partial charge >= 0.3 is 0 Å². The van der Waals surface area contributed by atoms with Gasteiger partial charge in [0.1, 0.15) is 5.82 Å². The van der Waals surface area contributed by atoms with Crippen LogP contribution >= 0.6 is 11.6 Å². The summed E-state index contributed by atoms with van der Waals surface area (Å²) >= 11 is 6.26. The van der Waals surface area contributed by atoms with Crippen LogP contribution in [0.2, 0.25) is 5.02 Å². The summed E-state index contributed by atoms with van der Waals surface area (Å²) in [5, 5.41) is 14.9. The minimum atomic E-state index is -1.20. The lowest BCUT2D eigenvalue weighted by atomic mass is 9.76. The maximum Gasteiger partial charge on any atom is 0.129 e. The van der Waals surface area contributed by atoms with E-state index in [1.54, 1.807) is 24.3 Å². The first kappa shape index (κ1) is 15.2. The van der Waals surface area contributed by atoms with E-state index in [1.807, 2.05) is 0 Å². The fraction of sp³-hybridized carbons (Fsp3) is 0.211. The number of allylic oxidation sites excluding steroid dienone is 2. The van der Waals surface area contributed by atoms with Gasteiger partial charge in [0, 0.05) is 22.2 Å². The second-order valence-corrected chi connectivity index (χ2v) is 6.61. The fourth-order valence-corrected chi connectivity index (χ4v) is 4.10. The van der Waals surface area contributed by atoms with Crippen molar-refractivity contribution in [2.75, 3.05) is 5.32 Å². The lowest BCUT2D eigenvalue weighted by Crippen LogP contribution is -2.30. The van der Waals surface area contributed by atoms with Crippen LogP contribution in [0.1, 0.15) is 39.9 Å². The molecule has 0 bridgehead atoms. The average molecular weight is 343 g/mol. The van der Waals surface area contributed by atoms with Crippen LogP contribution in [0.4, 0.5) is 10.1 Å². The van der Waals surface area contributed by atoms with Crippen molar-refractivity contribution in [2.24, 2.45) is 5.92 Å². The zero-order valence-electron chi connectivity index (χ0n) is 12.6. The van der Waals surface area contributed by atoms with Crippen LogP contribution in [-0.4, -0.2) is 5.97 Å². The topological polar surface area (TPSA) is 52.2 Å². The molecule has 0 amide bonds. The zero-order chi connectivity index (χ0) is 16.8. The van der Waals surface area contributed by atoms with E-state index in [2.05, 4.69) is 17.5 Å². The Hall–Kier alpha value is -2.33. The number of fused-ring (bicyclic) bond motifs is 3. The molecule has 0 radical (unpaired) electrons. The molecular weight excluding hydrogens is 329 g/mol. The summed E-state index contributed by atoms with van der Waals surface area (Å²) in [4.78, 5) is 11.1. The molecule has 2 aliphatic rings. The van der Waals surface area contributed by atoms with Crippen molar-refractivity contribution >= 4 is 23.3 Å². The number of carboxylic acids is 1. The predicted molar refractivity (Wildman–Crippen MR) is 88.5 cm³/mol. The Labute approximate surface area is 143 Å². The molecule has 0 saturated carbocycles. The molecule has 3 atom stereocenters. The first-order chi connectivity index (χ1) is 11.6. The second-order valence-electron chi connectivity index (χ2n) is 6.20. The third kappa shape index (κ3) is 2.29. The number of carbonyl (C=O) groups excluding carboxylic acids is 1. The molecule has 2 aromatic carbocycles. The molecule has 0 spiro atoms. The van der Waals surface area contributed by atoms with Gasteiger partial charge < -0.3 is 15.2 Å². The molecule has 1 aliphatic heterocycles. The van der Waals surface area contributed by atoms with Crippen LogP contribution in [0.5, 0.6) is 0 Å². The van der Waals surface area contributed by atoms with Gasteiger partial charge in [0.2, 0.25) is 0 Å². The second kappa shape index (κ2) is 5.64. The number of aromatic carboxylic acids is 1. The summed E-state index contributed by atoms with van der Waals surface area (Å²) in [5.74, 6) is -1.42. The van der Waals surface area contributed by atoms with Crippen molar-refractivity contribution in [3.63, 3.8) is 0 Å². The Morgan fingerprint density at radius 1 is 1.29 bits per heavy atom. The molecule has 1 heterocycles.